The standard InChI is InChI=1S/C25H18ClF2N5O2/c1-30-14-6-5-13(18(26)7-14)9-33(10-15-19(27)3-2-4-20(15)28)25(34)22-8-21-23(31-22)16-11-35-12-17(16)24(29)32-21/h2-8,31H,9-12H2,(H2,29,32). The number of nitrogens with zero attached hydrogens (tertiary/aromatic N) is 3. The van der Waals surface area contributed by atoms with Crippen LogP contribution in [0.1, 0.15) is 32.7 Å². The second-order valence-corrected chi connectivity index (χ2v) is 8.55. The fourth-order valence-corrected chi connectivity index (χ4v) is 4.37. The molecule has 0 spiro atoms. The second kappa shape index (κ2) is 8.98. The first kappa shape index (κ1) is 22.8. The highest BCUT2D eigenvalue weighted by atomic mass is 35.5. The number of carbonyl (C=O) groups is 1. The number of aromatic amines is 1. The number of rotatable bonds is 5. The number of nitrogens with one attached hydrogen (secondary N) is 1. The molecule has 1 amide bonds. The van der Waals surface area contributed by atoms with Crippen LogP contribution in [-0.4, -0.2) is 20.8 Å². The minimum Gasteiger partial charge on any atom is -0.383 e. The fraction of sp³-hybridized carbons (Fsp3) is 0.160. The Labute approximate surface area is 203 Å². The Balaban J connectivity index is 1.55. The lowest BCUT2D eigenvalue weighted by atomic mass is 10.1. The highest BCUT2D eigenvalue weighted by Gasteiger charge is 2.26. The first-order valence-corrected chi connectivity index (χ1v) is 11.0. The summed E-state index contributed by atoms with van der Waals surface area (Å²) >= 11 is 6.34. The molecule has 10 heteroatoms. The van der Waals surface area contributed by atoms with Crippen LogP contribution < -0.4 is 5.73 Å². The Morgan fingerprint density at radius 3 is 2.63 bits per heavy atom. The molecule has 0 radical (unpaired) electrons. The van der Waals surface area contributed by atoms with E-state index in [9.17, 15) is 13.6 Å². The number of aromatic nitrogens is 2. The van der Waals surface area contributed by atoms with Gasteiger partial charge in [-0.3, -0.25) is 4.79 Å². The number of amides is 1. The molecule has 3 N–H and O–H groups in total. The molecule has 0 saturated carbocycles. The van der Waals surface area contributed by atoms with Crippen LogP contribution >= 0.6 is 11.6 Å². The first-order chi connectivity index (χ1) is 16.9. The molecule has 0 unspecified atom stereocenters. The molecule has 0 saturated heterocycles. The number of carbonyl (C=O) groups excluding carboxylic acids is 1. The molecule has 0 fully saturated rings. The SMILES string of the molecule is [C-]#[N+]c1ccc(CN(Cc2c(F)cccc2F)C(=O)c2cc3nc(N)c4c(c3[nH]2)COC4)c(Cl)c1. The molecule has 1 aliphatic rings. The molecule has 0 bridgehead atoms. The molecule has 3 heterocycles. The van der Waals surface area contributed by atoms with Crippen LogP contribution in [0.3, 0.4) is 0 Å². The maximum Gasteiger partial charge on any atom is 0.270 e. The largest absolute Gasteiger partial charge is 0.383 e. The Morgan fingerprint density at radius 1 is 1.17 bits per heavy atom. The van der Waals surface area contributed by atoms with Gasteiger partial charge in [-0.15, -0.1) is 0 Å². The number of hydrogen-bond donors (Lipinski definition) is 2. The normalized spacial score (nSPS) is 12.5. The van der Waals surface area contributed by atoms with Gasteiger partial charge in [0.15, 0.2) is 5.69 Å². The summed E-state index contributed by atoms with van der Waals surface area (Å²) in [5.74, 6) is -1.71. The summed E-state index contributed by atoms with van der Waals surface area (Å²) in [5, 5.41) is 0.270. The van der Waals surface area contributed by atoms with Crippen molar-refractivity contribution in [1.29, 1.82) is 0 Å². The van der Waals surface area contributed by atoms with E-state index < -0.39 is 17.5 Å². The van der Waals surface area contributed by atoms with Crippen molar-refractivity contribution >= 4 is 40.0 Å². The third-order valence-corrected chi connectivity index (χ3v) is 6.31. The van der Waals surface area contributed by atoms with Gasteiger partial charge in [-0.2, -0.15) is 0 Å². The summed E-state index contributed by atoms with van der Waals surface area (Å²) in [7, 11) is 0. The molecular formula is C25H18ClF2N5O2. The number of fused-ring (bicyclic) bond motifs is 3. The van der Waals surface area contributed by atoms with Crippen molar-refractivity contribution in [2.75, 3.05) is 5.73 Å². The summed E-state index contributed by atoms with van der Waals surface area (Å²) in [6, 6.07) is 9.76. The summed E-state index contributed by atoms with van der Waals surface area (Å²) in [6.07, 6.45) is 0. The summed E-state index contributed by atoms with van der Waals surface area (Å²) in [4.78, 5) is 25.7. The van der Waals surface area contributed by atoms with E-state index in [1.807, 2.05) is 0 Å². The average molecular weight is 494 g/mol. The van der Waals surface area contributed by atoms with E-state index in [1.165, 1.54) is 17.0 Å². The number of ether oxygens (including phenoxy) is 1. The van der Waals surface area contributed by atoms with Crippen LogP contribution in [0, 0.1) is 18.2 Å². The van der Waals surface area contributed by atoms with Crippen molar-refractivity contribution in [3.63, 3.8) is 0 Å². The maximum absolute atomic E-state index is 14.5. The Morgan fingerprint density at radius 2 is 1.91 bits per heavy atom. The molecule has 1 aliphatic heterocycles. The van der Waals surface area contributed by atoms with Crippen molar-refractivity contribution in [2.45, 2.75) is 26.3 Å². The molecule has 7 nitrogen and oxygen atoms in total. The Kier molecular flexibility index (Phi) is 5.84. The molecule has 5 rings (SSSR count). The van der Waals surface area contributed by atoms with E-state index >= 15 is 0 Å². The molecular weight excluding hydrogens is 476 g/mol. The third kappa shape index (κ3) is 4.18. The summed E-state index contributed by atoms with van der Waals surface area (Å²) in [6.45, 7) is 7.42. The fourth-order valence-electron chi connectivity index (χ4n) is 4.14. The van der Waals surface area contributed by atoms with Crippen LogP contribution in [0.25, 0.3) is 15.9 Å². The van der Waals surface area contributed by atoms with Crippen LogP contribution in [0.4, 0.5) is 20.3 Å². The predicted octanol–water partition coefficient (Wildman–Crippen LogP) is 5.50. The zero-order chi connectivity index (χ0) is 24.7. The number of halogens is 3. The van der Waals surface area contributed by atoms with Gasteiger partial charge < -0.3 is 20.4 Å². The van der Waals surface area contributed by atoms with Crippen LogP contribution in [0.5, 0.6) is 0 Å². The molecule has 176 valence electrons. The Bertz CT molecular complexity index is 1510. The minimum absolute atomic E-state index is 0.0458. The van der Waals surface area contributed by atoms with E-state index in [-0.39, 0.29) is 29.4 Å². The minimum atomic E-state index is -0.765. The van der Waals surface area contributed by atoms with Crippen molar-refractivity contribution in [2.24, 2.45) is 0 Å². The molecule has 0 aliphatic carbocycles. The van der Waals surface area contributed by atoms with E-state index in [0.29, 0.717) is 41.3 Å². The van der Waals surface area contributed by atoms with Gasteiger partial charge in [0.25, 0.3) is 5.91 Å². The van der Waals surface area contributed by atoms with Crippen LogP contribution in [-0.2, 0) is 31.0 Å². The van der Waals surface area contributed by atoms with Crippen molar-refractivity contribution < 1.29 is 18.3 Å². The topological polar surface area (TPSA) is 88.6 Å². The average Bonchev–Trinajstić information content (AvgIpc) is 3.49. The van der Waals surface area contributed by atoms with E-state index in [0.717, 1.165) is 23.3 Å². The Hall–Kier alpha value is -4.00. The highest BCUT2D eigenvalue weighted by Crippen LogP contribution is 2.32. The lowest BCUT2D eigenvalue weighted by Crippen LogP contribution is -2.31. The molecule has 2 aromatic heterocycles. The lowest BCUT2D eigenvalue weighted by molar-refractivity contribution is 0.0721. The lowest BCUT2D eigenvalue weighted by Gasteiger charge is -2.23. The quantitative estimate of drug-likeness (QED) is 0.359. The number of nitrogen functional groups attached to an aromatic ring is 1. The third-order valence-electron chi connectivity index (χ3n) is 5.96. The highest BCUT2D eigenvalue weighted by molar-refractivity contribution is 6.31. The predicted molar refractivity (Wildman–Crippen MR) is 127 cm³/mol. The monoisotopic (exact) mass is 493 g/mol. The van der Waals surface area contributed by atoms with E-state index in [2.05, 4.69) is 14.8 Å². The molecule has 4 aromatic rings. The van der Waals surface area contributed by atoms with Crippen LogP contribution in [0.15, 0.2) is 42.5 Å². The molecule has 0 atom stereocenters. The van der Waals surface area contributed by atoms with Crippen molar-refractivity contribution in [3.8, 4) is 0 Å². The number of benzene rings is 2. The van der Waals surface area contributed by atoms with Gasteiger partial charge in [-0.1, -0.05) is 29.8 Å². The second-order valence-electron chi connectivity index (χ2n) is 8.14. The van der Waals surface area contributed by atoms with Crippen molar-refractivity contribution in [3.05, 3.63) is 98.5 Å². The number of pyridine rings is 1. The zero-order valence-corrected chi connectivity index (χ0v) is 19.0. The number of H-pyrrole nitrogens is 1. The summed E-state index contributed by atoms with van der Waals surface area (Å²) in [5.41, 5.74) is 9.56. The van der Waals surface area contributed by atoms with Gasteiger partial charge in [0, 0.05) is 28.3 Å². The smallest absolute Gasteiger partial charge is 0.270 e. The van der Waals surface area contributed by atoms with Gasteiger partial charge in [-0.05, 0) is 29.8 Å². The summed E-state index contributed by atoms with van der Waals surface area (Å²) < 4.78 is 34.4. The number of hydrogen-bond acceptors (Lipinski definition) is 4. The zero-order valence-electron chi connectivity index (χ0n) is 18.2. The molecule has 35 heavy (non-hydrogen) atoms. The first-order valence-electron chi connectivity index (χ1n) is 10.6. The maximum atomic E-state index is 14.5. The van der Waals surface area contributed by atoms with Gasteiger partial charge in [0.05, 0.1) is 37.4 Å². The molecule has 2 aromatic carbocycles. The van der Waals surface area contributed by atoms with E-state index in [4.69, 9.17) is 28.6 Å². The van der Waals surface area contributed by atoms with Crippen LogP contribution in [0.2, 0.25) is 5.02 Å². The van der Waals surface area contributed by atoms with Gasteiger partial charge in [-0.25, -0.2) is 18.6 Å². The van der Waals surface area contributed by atoms with Crippen molar-refractivity contribution in [1.82, 2.24) is 14.9 Å². The number of anilines is 1. The van der Waals surface area contributed by atoms with E-state index in [1.54, 1.807) is 18.2 Å². The number of nitrogens with two attached hydrogens (primary N) is 1. The van der Waals surface area contributed by atoms with Gasteiger partial charge in [0.1, 0.15) is 23.1 Å². The van der Waals surface area contributed by atoms with Gasteiger partial charge in [0.2, 0.25) is 0 Å². The van der Waals surface area contributed by atoms with Gasteiger partial charge >= 0.3 is 0 Å².